The Hall–Kier alpha value is -1.31. The highest BCUT2D eigenvalue weighted by molar-refractivity contribution is 7.16. The standard InChI is InChI=1S/C12H15N5OS/c13-8-4-3-7(6-8)11-16-17-10(9-2-1-5-18-9)14-15-12(17)19-11/h3-4,7-9H,1-2,5-6,13H2. The predicted octanol–water partition coefficient (Wildman–Crippen LogP) is 1.41. The Morgan fingerprint density at radius 3 is 3.05 bits per heavy atom. The number of hydrogen-bond acceptors (Lipinski definition) is 6. The summed E-state index contributed by atoms with van der Waals surface area (Å²) in [5.74, 6) is 1.15. The van der Waals surface area contributed by atoms with Gasteiger partial charge in [0.05, 0.1) is 0 Å². The van der Waals surface area contributed by atoms with E-state index in [0.29, 0.717) is 5.92 Å². The molecule has 1 saturated heterocycles. The summed E-state index contributed by atoms with van der Waals surface area (Å²) in [5.41, 5.74) is 5.90. The van der Waals surface area contributed by atoms with Gasteiger partial charge in [-0.1, -0.05) is 23.5 Å². The van der Waals surface area contributed by atoms with E-state index in [1.807, 2.05) is 10.6 Å². The maximum Gasteiger partial charge on any atom is 0.234 e. The molecule has 3 unspecified atom stereocenters. The van der Waals surface area contributed by atoms with Crippen molar-refractivity contribution in [2.75, 3.05) is 6.61 Å². The van der Waals surface area contributed by atoms with Gasteiger partial charge in [0.15, 0.2) is 5.82 Å². The van der Waals surface area contributed by atoms with Crippen LogP contribution < -0.4 is 5.73 Å². The lowest BCUT2D eigenvalue weighted by Gasteiger charge is -2.05. The molecule has 1 aliphatic heterocycles. The molecule has 2 aromatic heterocycles. The van der Waals surface area contributed by atoms with Crippen molar-refractivity contribution in [3.63, 3.8) is 0 Å². The molecule has 0 saturated carbocycles. The Labute approximate surface area is 114 Å². The number of aromatic nitrogens is 4. The Balaban J connectivity index is 1.70. The zero-order chi connectivity index (χ0) is 12.8. The number of fused-ring (bicyclic) bond motifs is 1. The molecule has 2 N–H and O–H groups in total. The monoisotopic (exact) mass is 277 g/mol. The lowest BCUT2D eigenvalue weighted by atomic mass is 10.1. The van der Waals surface area contributed by atoms with Crippen molar-refractivity contribution in [3.05, 3.63) is 23.0 Å². The third-order valence-electron chi connectivity index (χ3n) is 3.68. The average molecular weight is 277 g/mol. The fourth-order valence-corrected chi connectivity index (χ4v) is 3.63. The van der Waals surface area contributed by atoms with Gasteiger partial charge in [-0.05, 0) is 19.3 Å². The van der Waals surface area contributed by atoms with Crippen molar-refractivity contribution in [2.45, 2.75) is 37.3 Å². The highest BCUT2D eigenvalue weighted by atomic mass is 32.1. The maximum absolute atomic E-state index is 5.90. The summed E-state index contributed by atoms with van der Waals surface area (Å²) in [6.45, 7) is 0.802. The van der Waals surface area contributed by atoms with Crippen LogP contribution in [-0.2, 0) is 4.74 Å². The van der Waals surface area contributed by atoms with Crippen molar-refractivity contribution >= 4 is 16.3 Å². The largest absolute Gasteiger partial charge is 0.370 e. The first-order chi connectivity index (χ1) is 9.31. The zero-order valence-electron chi connectivity index (χ0n) is 10.4. The van der Waals surface area contributed by atoms with E-state index >= 15 is 0 Å². The molecule has 3 heterocycles. The molecule has 7 heteroatoms. The number of hydrogen-bond donors (Lipinski definition) is 1. The second kappa shape index (κ2) is 4.36. The quantitative estimate of drug-likeness (QED) is 0.840. The van der Waals surface area contributed by atoms with Crippen molar-refractivity contribution in [1.82, 2.24) is 19.8 Å². The van der Waals surface area contributed by atoms with E-state index in [0.717, 1.165) is 41.7 Å². The van der Waals surface area contributed by atoms with E-state index in [9.17, 15) is 0 Å². The summed E-state index contributed by atoms with van der Waals surface area (Å²) in [5, 5.41) is 14.1. The first kappa shape index (κ1) is 11.5. The number of nitrogens with zero attached hydrogens (tertiary/aromatic N) is 4. The van der Waals surface area contributed by atoms with Crippen LogP contribution in [0.1, 0.15) is 42.1 Å². The van der Waals surface area contributed by atoms with Crippen LogP contribution in [0.3, 0.4) is 0 Å². The number of ether oxygens (including phenoxy) is 1. The minimum atomic E-state index is 0.0475. The lowest BCUT2D eigenvalue weighted by Crippen LogP contribution is -2.14. The number of allylic oxidation sites excluding steroid dienone is 1. The molecule has 1 fully saturated rings. The summed E-state index contributed by atoms with van der Waals surface area (Å²) in [7, 11) is 0. The summed E-state index contributed by atoms with van der Waals surface area (Å²) < 4.78 is 7.51. The SMILES string of the molecule is NC1C=CC(c2nn3c(C4CCCO4)nnc3s2)C1. The summed E-state index contributed by atoms with van der Waals surface area (Å²) in [6, 6.07) is 0.150. The fraction of sp³-hybridized carbons (Fsp3) is 0.583. The van der Waals surface area contributed by atoms with Crippen LogP contribution >= 0.6 is 11.3 Å². The van der Waals surface area contributed by atoms with Gasteiger partial charge in [0.1, 0.15) is 11.1 Å². The van der Waals surface area contributed by atoms with Crippen LogP contribution in [0.15, 0.2) is 12.2 Å². The van der Waals surface area contributed by atoms with E-state index < -0.39 is 0 Å². The minimum absolute atomic E-state index is 0.0475. The lowest BCUT2D eigenvalue weighted by molar-refractivity contribution is 0.103. The van der Waals surface area contributed by atoms with E-state index in [1.54, 1.807) is 11.3 Å². The molecule has 0 bridgehead atoms. The molecule has 19 heavy (non-hydrogen) atoms. The molecule has 2 aromatic rings. The molecule has 6 nitrogen and oxygen atoms in total. The molecule has 1 aliphatic carbocycles. The van der Waals surface area contributed by atoms with Crippen molar-refractivity contribution in [1.29, 1.82) is 0 Å². The van der Waals surface area contributed by atoms with Gasteiger partial charge in [-0.2, -0.15) is 9.61 Å². The molecule has 3 atom stereocenters. The molecule has 4 rings (SSSR count). The highest BCUT2D eigenvalue weighted by Gasteiger charge is 2.27. The van der Waals surface area contributed by atoms with Crippen LogP contribution in [0.5, 0.6) is 0 Å². The molecule has 100 valence electrons. The summed E-state index contributed by atoms with van der Waals surface area (Å²) in [6.07, 6.45) is 7.25. The van der Waals surface area contributed by atoms with Gasteiger partial charge in [0.2, 0.25) is 4.96 Å². The summed E-state index contributed by atoms with van der Waals surface area (Å²) in [4.78, 5) is 0.842. The zero-order valence-corrected chi connectivity index (χ0v) is 11.2. The van der Waals surface area contributed by atoms with E-state index in [2.05, 4.69) is 21.4 Å². The van der Waals surface area contributed by atoms with Crippen LogP contribution in [-0.4, -0.2) is 32.5 Å². The van der Waals surface area contributed by atoms with Gasteiger partial charge in [-0.3, -0.25) is 0 Å². The van der Waals surface area contributed by atoms with Crippen LogP contribution in [0.25, 0.3) is 4.96 Å². The molecule has 0 spiro atoms. The van der Waals surface area contributed by atoms with E-state index in [4.69, 9.17) is 10.5 Å². The molecular weight excluding hydrogens is 262 g/mol. The van der Waals surface area contributed by atoms with E-state index in [-0.39, 0.29) is 12.1 Å². The van der Waals surface area contributed by atoms with Gasteiger partial charge in [-0.15, -0.1) is 10.2 Å². The van der Waals surface area contributed by atoms with Crippen molar-refractivity contribution in [3.8, 4) is 0 Å². The first-order valence-electron chi connectivity index (χ1n) is 6.59. The van der Waals surface area contributed by atoms with Gasteiger partial charge >= 0.3 is 0 Å². The highest BCUT2D eigenvalue weighted by Crippen LogP contribution is 2.33. The van der Waals surface area contributed by atoms with Crippen LogP contribution in [0.2, 0.25) is 0 Å². The number of rotatable bonds is 2. The minimum Gasteiger partial charge on any atom is -0.370 e. The third-order valence-corrected chi connectivity index (χ3v) is 4.71. The van der Waals surface area contributed by atoms with Gasteiger partial charge in [-0.25, -0.2) is 0 Å². The normalized spacial score (nSPS) is 30.7. The topological polar surface area (TPSA) is 78.3 Å². The molecule has 2 aliphatic rings. The summed E-state index contributed by atoms with van der Waals surface area (Å²) >= 11 is 1.59. The van der Waals surface area contributed by atoms with Crippen molar-refractivity contribution < 1.29 is 4.74 Å². The van der Waals surface area contributed by atoms with Gasteiger partial charge < -0.3 is 10.5 Å². The first-order valence-corrected chi connectivity index (χ1v) is 7.40. The van der Waals surface area contributed by atoms with Crippen LogP contribution in [0, 0.1) is 0 Å². The second-order valence-electron chi connectivity index (χ2n) is 5.09. The molecular formula is C12H15N5OS. The van der Waals surface area contributed by atoms with Gasteiger partial charge in [0.25, 0.3) is 0 Å². The second-order valence-corrected chi connectivity index (χ2v) is 6.07. The fourth-order valence-electron chi connectivity index (χ4n) is 2.69. The van der Waals surface area contributed by atoms with Gasteiger partial charge in [0, 0.05) is 18.6 Å². The molecule has 0 radical (unpaired) electrons. The molecule has 0 amide bonds. The van der Waals surface area contributed by atoms with Crippen LogP contribution in [0.4, 0.5) is 0 Å². The Bertz CT molecular complexity index is 627. The third kappa shape index (κ3) is 1.89. The van der Waals surface area contributed by atoms with Crippen molar-refractivity contribution in [2.24, 2.45) is 5.73 Å². The Kier molecular flexibility index (Phi) is 2.64. The Morgan fingerprint density at radius 1 is 1.37 bits per heavy atom. The molecule has 0 aromatic carbocycles. The predicted molar refractivity (Wildman–Crippen MR) is 71.1 cm³/mol. The van der Waals surface area contributed by atoms with E-state index in [1.165, 1.54) is 0 Å². The smallest absolute Gasteiger partial charge is 0.234 e. The Morgan fingerprint density at radius 2 is 2.32 bits per heavy atom. The maximum atomic E-state index is 5.90. The number of nitrogens with two attached hydrogens (primary N) is 1. The average Bonchev–Trinajstić information content (AvgIpc) is 3.11.